The second-order valence-electron chi connectivity index (χ2n) is 7.01. The molecule has 1 heterocycles. The Morgan fingerprint density at radius 2 is 2.03 bits per heavy atom. The molecule has 0 saturated heterocycles. The van der Waals surface area contributed by atoms with E-state index < -0.39 is 0 Å². The Hall–Kier alpha value is -3.68. The summed E-state index contributed by atoms with van der Waals surface area (Å²) in [5, 5.41) is 15.0. The number of tetrazole rings is 1. The van der Waals surface area contributed by atoms with Crippen LogP contribution in [-0.2, 0) is 0 Å². The van der Waals surface area contributed by atoms with E-state index in [0.717, 1.165) is 24.0 Å². The van der Waals surface area contributed by atoms with E-state index in [1.54, 1.807) is 26.4 Å². The highest BCUT2D eigenvalue weighted by Gasteiger charge is 2.28. The molecule has 8 heteroatoms. The van der Waals surface area contributed by atoms with E-state index in [1.165, 1.54) is 0 Å². The fraction of sp³-hybridized carbons (Fsp3) is 0.273. The zero-order valence-electron chi connectivity index (χ0n) is 17.1. The number of amides is 1. The summed E-state index contributed by atoms with van der Waals surface area (Å²) in [4.78, 5) is 12.9. The van der Waals surface area contributed by atoms with Crippen molar-refractivity contribution >= 4 is 17.7 Å². The zero-order valence-corrected chi connectivity index (χ0v) is 17.1. The number of nitrogens with zero attached hydrogens (tertiary/aromatic N) is 4. The molecule has 0 aliphatic heterocycles. The van der Waals surface area contributed by atoms with Crippen LogP contribution >= 0.6 is 0 Å². The SMILES string of the molecule is C/C=C/c1cc(C(=O)Nc2cccc(-c3nnnn3C3CC3)c2)cc(OC)c1OC. The van der Waals surface area contributed by atoms with Crippen LogP contribution in [0, 0.1) is 0 Å². The smallest absolute Gasteiger partial charge is 0.255 e. The van der Waals surface area contributed by atoms with Gasteiger partial charge in [0, 0.05) is 22.4 Å². The van der Waals surface area contributed by atoms with Crippen LogP contribution in [0.15, 0.2) is 42.5 Å². The molecule has 8 nitrogen and oxygen atoms in total. The number of benzene rings is 2. The molecule has 30 heavy (non-hydrogen) atoms. The quantitative estimate of drug-likeness (QED) is 0.639. The molecular formula is C22H23N5O3. The lowest BCUT2D eigenvalue weighted by molar-refractivity contribution is 0.102. The number of methoxy groups -OCH3 is 2. The highest BCUT2D eigenvalue weighted by molar-refractivity contribution is 6.05. The first-order valence-electron chi connectivity index (χ1n) is 9.73. The lowest BCUT2D eigenvalue weighted by Crippen LogP contribution is -2.13. The Morgan fingerprint density at radius 3 is 2.73 bits per heavy atom. The van der Waals surface area contributed by atoms with E-state index in [0.29, 0.717) is 34.6 Å². The molecule has 1 N–H and O–H groups in total. The Labute approximate surface area is 174 Å². The number of hydrogen-bond donors (Lipinski definition) is 1. The van der Waals surface area contributed by atoms with Crippen molar-refractivity contribution in [1.82, 2.24) is 20.2 Å². The highest BCUT2D eigenvalue weighted by atomic mass is 16.5. The third-order valence-corrected chi connectivity index (χ3v) is 4.88. The van der Waals surface area contributed by atoms with Gasteiger partial charge in [-0.05, 0) is 54.5 Å². The van der Waals surface area contributed by atoms with Crippen LogP contribution in [0.2, 0.25) is 0 Å². The second kappa shape index (κ2) is 8.36. The van der Waals surface area contributed by atoms with Crippen molar-refractivity contribution < 1.29 is 14.3 Å². The topological polar surface area (TPSA) is 91.2 Å². The number of ether oxygens (including phenoxy) is 2. The van der Waals surface area contributed by atoms with Crippen LogP contribution in [0.3, 0.4) is 0 Å². The van der Waals surface area contributed by atoms with Crippen LogP contribution in [-0.4, -0.2) is 40.3 Å². The number of carbonyl (C=O) groups is 1. The summed E-state index contributed by atoms with van der Waals surface area (Å²) in [6, 6.07) is 11.3. The molecule has 1 amide bonds. The maximum absolute atomic E-state index is 12.9. The van der Waals surface area contributed by atoms with E-state index >= 15 is 0 Å². The summed E-state index contributed by atoms with van der Waals surface area (Å²) >= 11 is 0. The molecule has 0 radical (unpaired) electrons. The molecule has 2 aromatic carbocycles. The average molecular weight is 405 g/mol. The minimum absolute atomic E-state index is 0.249. The summed E-state index contributed by atoms with van der Waals surface area (Å²) in [5.41, 5.74) is 2.74. The molecule has 0 unspecified atom stereocenters. The summed E-state index contributed by atoms with van der Waals surface area (Å²) in [5.74, 6) is 1.53. The highest BCUT2D eigenvalue weighted by Crippen LogP contribution is 2.37. The molecule has 1 aliphatic rings. The Bertz CT molecular complexity index is 1100. The number of hydrogen-bond acceptors (Lipinski definition) is 6. The third kappa shape index (κ3) is 3.89. The first-order chi connectivity index (χ1) is 14.6. The Morgan fingerprint density at radius 1 is 1.20 bits per heavy atom. The van der Waals surface area contributed by atoms with Gasteiger partial charge >= 0.3 is 0 Å². The van der Waals surface area contributed by atoms with Gasteiger partial charge in [-0.1, -0.05) is 24.3 Å². The molecule has 1 fully saturated rings. The molecule has 1 aromatic heterocycles. The largest absolute Gasteiger partial charge is 0.493 e. The molecular weight excluding hydrogens is 382 g/mol. The van der Waals surface area contributed by atoms with Crippen molar-refractivity contribution in [3.8, 4) is 22.9 Å². The molecule has 4 rings (SSSR count). The van der Waals surface area contributed by atoms with Crippen molar-refractivity contribution in [2.75, 3.05) is 19.5 Å². The third-order valence-electron chi connectivity index (χ3n) is 4.88. The lowest BCUT2D eigenvalue weighted by Gasteiger charge is -2.13. The van der Waals surface area contributed by atoms with E-state index in [9.17, 15) is 4.79 Å². The number of aromatic nitrogens is 4. The summed E-state index contributed by atoms with van der Waals surface area (Å²) in [6.07, 6.45) is 5.92. The standard InChI is InChI=1S/C22H23N5O3/c1-4-6-14-11-16(13-19(29-2)20(14)30-3)22(28)23-17-8-5-7-15(12-17)21-24-25-26-27(21)18-9-10-18/h4-8,11-13,18H,9-10H2,1-3H3,(H,23,28)/b6-4+. The lowest BCUT2D eigenvalue weighted by atomic mass is 10.1. The van der Waals surface area contributed by atoms with Crippen molar-refractivity contribution in [2.45, 2.75) is 25.8 Å². The van der Waals surface area contributed by atoms with Gasteiger partial charge in [0.05, 0.1) is 20.3 Å². The monoisotopic (exact) mass is 405 g/mol. The average Bonchev–Trinajstić information content (AvgIpc) is 3.49. The Balaban J connectivity index is 1.61. The van der Waals surface area contributed by atoms with Crippen LogP contribution in [0.5, 0.6) is 11.5 Å². The fourth-order valence-corrected chi connectivity index (χ4v) is 3.32. The number of rotatable bonds is 7. The predicted octanol–water partition coefficient (Wildman–Crippen LogP) is 3.98. The number of nitrogens with one attached hydrogen (secondary N) is 1. The van der Waals surface area contributed by atoms with Gasteiger partial charge in [-0.3, -0.25) is 4.79 Å². The first-order valence-corrected chi connectivity index (χ1v) is 9.73. The molecule has 1 aliphatic carbocycles. The molecule has 154 valence electrons. The summed E-state index contributed by atoms with van der Waals surface area (Å²) in [7, 11) is 3.12. The van der Waals surface area contributed by atoms with Gasteiger partial charge in [0.15, 0.2) is 17.3 Å². The van der Waals surface area contributed by atoms with Gasteiger partial charge in [0.2, 0.25) is 0 Å². The van der Waals surface area contributed by atoms with Gasteiger partial charge in [0.25, 0.3) is 5.91 Å². The number of anilines is 1. The van der Waals surface area contributed by atoms with Crippen LogP contribution in [0.4, 0.5) is 5.69 Å². The summed E-state index contributed by atoms with van der Waals surface area (Å²) < 4.78 is 12.7. The van der Waals surface area contributed by atoms with Gasteiger partial charge in [-0.25, -0.2) is 4.68 Å². The van der Waals surface area contributed by atoms with Crippen molar-refractivity contribution in [2.24, 2.45) is 0 Å². The minimum Gasteiger partial charge on any atom is -0.493 e. The van der Waals surface area contributed by atoms with Gasteiger partial charge in [-0.15, -0.1) is 5.10 Å². The molecule has 1 saturated carbocycles. The predicted molar refractivity (Wildman–Crippen MR) is 114 cm³/mol. The van der Waals surface area contributed by atoms with Crippen LogP contribution in [0.25, 0.3) is 17.5 Å². The maximum Gasteiger partial charge on any atom is 0.255 e. The normalized spacial score (nSPS) is 13.4. The van der Waals surface area contributed by atoms with E-state index in [1.807, 2.05) is 48.0 Å². The molecule has 3 aromatic rings. The summed E-state index contributed by atoms with van der Waals surface area (Å²) in [6.45, 7) is 1.90. The van der Waals surface area contributed by atoms with Crippen molar-refractivity contribution in [3.63, 3.8) is 0 Å². The van der Waals surface area contributed by atoms with E-state index in [4.69, 9.17) is 9.47 Å². The van der Waals surface area contributed by atoms with Gasteiger partial charge < -0.3 is 14.8 Å². The van der Waals surface area contributed by atoms with Gasteiger partial charge in [0.1, 0.15) is 0 Å². The first kappa shape index (κ1) is 19.6. The van der Waals surface area contributed by atoms with Crippen LogP contribution in [0.1, 0.15) is 41.7 Å². The van der Waals surface area contributed by atoms with E-state index in [2.05, 4.69) is 20.8 Å². The Kier molecular flexibility index (Phi) is 5.47. The number of allylic oxidation sites excluding steroid dienone is 1. The van der Waals surface area contributed by atoms with Crippen molar-refractivity contribution in [1.29, 1.82) is 0 Å². The second-order valence-corrected chi connectivity index (χ2v) is 7.01. The molecule has 0 bridgehead atoms. The fourth-order valence-electron chi connectivity index (χ4n) is 3.32. The minimum atomic E-state index is -0.249. The molecule has 0 spiro atoms. The van der Waals surface area contributed by atoms with E-state index in [-0.39, 0.29) is 5.91 Å². The number of carbonyl (C=O) groups excluding carboxylic acids is 1. The van der Waals surface area contributed by atoms with Crippen molar-refractivity contribution in [3.05, 3.63) is 53.6 Å². The molecule has 0 atom stereocenters. The van der Waals surface area contributed by atoms with Gasteiger partial charge in [-0.2, -0.15) is 0 Å². The maximum atomic E-state index is 12.9. The zero-order chi connectivity index (χ0) is 21.1. The van der Waals surface area contributed by atoms with Crippen LogP contribution < -0.4 is 14.8 Å².